The van der Waals surface area contributed by atoms with Gasteiger partial charge in [-0.05, 0) is 53.7 Å². The van der Waals surface area contributed by atoms with Gasteiger partial charge in [-0.3, -0.25) is 4.57 Å². The Kier molecular flexibility index (Phi) is 6.71. The lowest BCUT2D eigenvalue weighted by molar-refractivity contribution is 1.07. The van der Waals surface area contributed by atoms with Crippen molar-refractivity contribution < 1.29 is 0 Å². The van der Waals surface area contributed by atoms with E-state index in [1.54, 1.807) is 8.85 Å². The third kappa shape index (κ3) is 4.58. The van der Waals surface area contributed by atoms with E-state index in [4.69, 9.17) is 4.98 Å². The average Bonchev–Trinajstić information content (AvgIpc) is 3.33. The van der Waals surface area contributed by atoms with Gasteiger partial charge in [0.2, 0.25) is 0 Å². The van der Waals surface area contributed by atoms with Crippen LogP contribution in [-0.4, -0.2) is 23.7 Å². The molecule has 0 aliphatic heterocycles. The normalized spacial score (nSPS) is 11.1. The molecule has 1 aromatic heterocycles. The minimum atomic E-state index is -1.77. The third-order valence-electron chi connectivity index (χ3n) is 7.21. The Morgan fingerprint density at radius 3 is 1.72 bits per heavy atom. The van der Waals surface area contributed by atoms with Crippen molar-refractivity contribution in [1.29, 1.82) is 0 Å². The van der Waals surface area contributed by atoms with E-state index in [9.17, 15) is 0 Å². The fourth-order valence-corrected chi connectivity index (χ4v) is 9.70. The number of hydrogen-bond acceptors (Lipinski definition) is 1. The van der Waals surface area contributed by atoms with Gasteiger partial charge in [0.05, 0.1) is 0 Å². The second kappa shape index (κ2) is 9.94. The molecule has 0 bridgehead atoms. The van der Waals surface area contributed by atoms with Crippen molar-refractivity contribution in [2.24, 2.45) is 0 Å². The van der Waals surface area contributed by atoms with Crippen molar-refractivity contribution in [3.05, 3.63) is 125 Å². The van der Waals surface area contributed by atoms with E-state index < -0.39 is 14.1 Å². The molecule has 0 radical (unpaired) electrons. The highest BCUT2D eigenvalue weighted by Crippen LogP contribution is 2.21. The summed E-state index contributed by atoms with van der Waals surface area (Å²) in [5, 5.41) is 0. The van der Waals surface area contributed by atoms with Gasteiger partial charge in [-0.2, -0.15) is 0 Å². The Morgan fingerprint density at radius 1 is 0.611 bits per heavy atom. The average molecular weight is 485 g/mol. The summed E-state index contributed by atoms with van der Waals surface area (Å²) in [7, 11) is 0. The Hall–Kier alpha value is -3.38. The molecule has 0 atom stereocenters. The SMILES string of the molecule is Cc1cc(C)[c]([Al]([c]2cccc(-c3nccn3-c3ccccc3)c2)[c]2c(C)cc(C)cc2C)c(C)c1. The number of imidazole rings is 1. The van der Waals surface area contributed by atoms with Crippen molar-refractivity contribution in [3.63, 3.8) is 0 Å². The molecule has 4 aromatic carbocycles. The van der Waals surface area contributed by atoms with Crippen molar-refractivity contribution in [2.75, 3.05) is 0 Å². The first-order chi connectivity index (χ1) is 17.3. The number of rotatable bonds is 5. The maximum Gasteiger partial charge on any atom is 0.385 e. The summed E-state index contributed by atoms with van der Waals surface area (Å²) in [6, 6.07) is 29.0. The molecule has 0 saturated heterocycles. The molecule has 0 N–H and O–H groups in total. The molecule has 5 rings (SSSR count). The molecule has 0 aliphatic carbocycles. The molecule has 3 heteroatoms. The van der Waals surface area contributed by atoms with Gasteiger partial charge in [-0.25, -0.2) is 4.98 Å². The van der Waals surface area contributed by atoms with E-state index in [1.165, 1.54) is 37.8 Å². The largest absolute Gasteiger partial charge is 0.385 e. The highest BCUT2D eigenvalue weighted by Gasteiger charge is 2.31. The molecule has 178 valence electrons. The smallest absolute Gasteiger partial charge is 0.300 e. The lowest BCUT2D eigenvalue weighted by Gasteiger charge is -2.24. The quantitative estimate of drug-likeness (QED) is 0.284. The van der Waals surface area contributed by atoms with Crippen LogP contribution >= 0.6 is 0 Å². The Morgan fingerprint density at radius 2 is 1.17 bits per heavy atom. The number of para-hydroxylation sites is 1. The summed E-state index contributed by atoms with van der Waals surface area (Å²) in [5.41, 5.74) is 10.6. The summed E-state index contributed by atoms with van der Waals surface area (Å²) in [6.07, 6.45) is 3.95. The lowest BCUT2D eigenvalue weighted by Crippen LogP contribution is -2.55. The van der Waals surface area contributed by atoms with Crippen molar-refractivity contribution >= 4 is 27.4 Å². The van der Waals surface area contributed by atoms with Gasteiger partial charge in [0.15, 0.2) is 0 Å². The van der Waals surface area contributed by atoms with Crippen LogP contribution in [0, 0.1) is 41.5 Å². The number of benzene rings is 4. The van der Waals surface area contributed by atoms with Crippen LogP contribution in [0.5, 0.6) is 0 Å². The zero-order chi connectivity index (χ0) is 25.4. The maximum atomic E-state index is 4.78. The Balaban J connectivity index is 1.73. The van der Waals surface area contributed by atoms with E-state index >= 15 is 0 Å². The molecule has 0 saturated carbocycles. The third-order valence-corrected chi connectivity index (χ3v) is 11.2. The van der Waals surface area contributed by atoms with Crippen LogP contribution in [0.3, 0.4) is 0 Å². The molecule has 0 fully saturated rings. The highest BCUT2D eigenvalue weighted by molar-refractivity contribution is 6.96. The van der Waals surface area contributed by atoms with Gasteiger partial charge in [-0.15, -0.1) is 0 Å². The van der Waals surface area contributed by atoms with Crippen LogP contribution in [0.4, 0.5) is 0 Å². The second-order valence-corrected chi connectivity index (χ2v) is 12.8. The van der Waals surface area contributed by atoms with Crippen LogP contribution in [-0.2, 0) is 0 Å². The van der Waals surface area contributed by atoms with E-state index in [0.717, 1.165) is 17.1 Å². The minimum absolute atomic E-state index is 0.977. The number of aryl methyl sites for hydroxylation is 6. The topological polar surface area (TPSA) is 17.8 Å². The van der Waals surface area contributed by atoms with Crippen molar-refractivity contribution in [3.8, 4) is 17.1 Å². The summed E-state index contributed by atoms with van der Waals surface area (Å²) >= 11 is -1.77. The molecular weight excluding hydrogens is 451 g/mol. The van der Waals surface area contributed by atoms with Crippen LogP contribution in [0.1, 0.15) is 33.4 Å². The summed E-state index contributed by atoms with van der Waals surface area (Å²) in [6.45, 7) is 13.6. The standard InChI is InChI=1S/C15H11N2.2C9H11.Al/c1-3-7-13(8-4-1)15-16-11-12-17(15)14-9-5-2-6-10-14;2*1-7-4-8(2)6-9(3)5-7;/h1-3,5-12H;2*4-5H,1-3H3;. The van der Waals surface area contributed by atoms with E-state index in [-0.39, 0.29) is 0 Å². The summed E-state index contributed by atoms with van der Waals surface area (Å²) in [5.74, 6) is 0.977. The first kappa shape index (κ1) is 24.3. The van der Waals surface area contributed by atoms with Crippen LogP contribution in [0.25, 0.3) is 17.1 Å². The highest BCUT2D eigenvalue weighted by atomic mass is 27.2. The Bertz CT molecular complexity index is 1440. The molecule has 36 heavy (non-hydrogen) atoms. The van der Waals surface area contributed by atoms with Gasteiger partial charge < -0.3 is 0 Å². The number of aromatic nitrogens is 2. The lowest BCUT2D eigenvalue weighted by atomic mass is 10.1. The molecule has 1 heterocycles. The van der Waals surface area contributed by atoms with Gasteiger partial charge in [0, 0.05) is 23.6 Å². The predicted molar refractivity (Wildman–Crippen MR) is 155 cm³/mol. The zero-order valence-electron chi connectivity index (χ0n) is 22.1. The first-order valence-electron chi connectivity index (χ1n) is 12.7. The first-order valence-corrected chi connectivity index (χ1v) is 14.4. The van der Waals surface area contributed by atoms with Gasteiger partial charge in [0.1, 0.15) is 5.82 Å². The van der Waals surface area contributed by atoms with Crippen molar-refractivity contribution in [1.82, 2.24) is 9.55 Å². The van der Waals surface area contributed by atoms with Crippen LogP contribution in [0.2, 0.25) is 0 Å². The van der Waals surface area contributed by atoms with E-state index in [1.807, 2.05) is 6.20 Å². The number of nitrogens with zero attached hydrogens (tertiary/aromatic N) is 2. The zero-order valence-corrected chi connectivity index (χ0v) is 23.3. The molecule has 2 nitrogen and oxygen atoms in total. The molecule has 5 aromatic rings. The molecule has 0 spiro atoms. The van der Waals surface area contributed by atoms with Gasteiger partial charge >= 0.3 is 14.1 Å². The monoisotopic (exact) mass is 484 g/mol. The van der Waals surface area contributed by atoms with E-state index in [0.29, 0.717) is 0 Å². The number of hydrogen-bond donors (Lipinski definition) is 0. The molecule has 0 amide bonds. The second-order valence-electron chi connectivity index (χ2n) is 10.1. The minimum Gasteiger partial charge on any atom is -0.300 e. The van der Waals surface area contributed by atoms with Gasteiger partial charge in [-0.1, -0.05) is 113 Å². The summed E-state index contributed by atoms with van der Waals surface area (Å²) in [4.78, 5) is 4.78. The molecular formula is C33H33AlN2. The summed E-state index contributed by atoms with van der Waals surface area (Å²) < 4.78 is 6.69. The maximum absolute atomic E-state index is 4.78. The fourth-order valence-electron chi connectivity index (χ4n) is 5.94. The van der Waals surface area contributed by atoms with Crippen molar-refractivity contribution in [2.45, 2.75) is 41.5 Å². The van der Waals surface area contributed by atoms with Crippen LogP contribution in [0.15, 0.2) is 91.3 Å². The van der Waals surface area contributed by atoms with Crippen LogP contribution < -0.4 is 13.3 Å². The van der Waals surface area contributed by atoms with Gasteiger partial charge in [0.25, 0.3) is 0 Å². The van der Waals surface area contributed by atoms with E-state index in [2.05, 4.69) is 131 Å². The Labute approximate surface area is 219 Å². The molecule has 0 aliphatic rings. The molecule has 0 unspecified atom stereocenters. The predicted octanol–water partition coefficient (Wildman–Crippen LogP) is 5.91. The fraction of sp³-hybridized carbons (Fsp3) is 0.182.